The molecule has 0 N–H and O–H groups in total. The predicted molar refractivity (Wildman–Crippen MR) is 75.2 cm³/mol. The number of ether oxygens (including phenoxy) is 1. The normalized spacial score (nSPS) is 9.94. The van der Waals surface area contributed by atoms with Gasteiger partial charge in [-0.3, -0.25) is 0 Å². The number of thiocarbonyl (C=S) groups is 1. The Hall–Kier alpha value is -1.67. The van der Waals surface area contributed by atoms with Crippen molar-refractivity contribution in [2.24, 2.45) is 0 Å². The molecule has 0 saturated heterocycles. The fraction of sp³-hybridized carbons (Fsp3) is 0.133. The number of methoxy groups -OCH3 is 1. The van der Waals surface area contributed by atoms with Crippen LogP contribution in [0.15, 0.2) is 54.6 Å². The van der Waals surface area contributed by atoms with Gasteiger partial charge < -0.3 is 4.74 Å². The summed E-state index contributed by atoms with van der Waals surface area (Å²) in [6.45, 7) is 0. The lowest BCUT2D eigenvalue weighted by Gasteiger charge is -2.09. The molecule has 0 aliphatic carbocycles. The third-order valence-corrected chi connectivity index (χ3v) is 2.98. The van der Waals surface area contributed by atoms with E-state index in [9.17, 15) is 0 Å². The van der Waals surface area contributed by atoms with E-state index in [1.165, 1.54) is 16.7 Å². The van der Waals surface area contributed by atoms with E-state index in [0.717, 1.165) is 0 Å². The average molecular weight is 242 g/mol. The van der Waals surface area contributed by atoms with E-state index < -0.39 is 0 Å². The molecule has 0 radical (unpaired) electrons. The highest BCUT2D eigenvalue weighted by Crippen LogP contribution is 2.23. The van der Waals surface area contributed by atoms with E-state index in [4.69, 9.17) is 17.0 Å². The van der Waals surface area contributed by atoms with Crippen molar-refractivity contribution in [1.82, 2.24) is 0 Å². The van der Waals surface area contributed by atoms with Gasteiger partial charge in [0.1, 0.15) is 0 Å². The lowest BCUT2D eigenvalue weighted by atomic mass is 9.98. The molecule has 2 heteroatoms. The minimum Gasteiger partial charge on any atom is -0.490 e. The first-order valence-electron chi connectivity index (χ1n) is 5.51. The van der Waals surface area contributed by atoms with Crippen molar-refractivity contribution in [3.05, 3.63) is 60.2 Å². The predicted octanol–water partition coefficient (Wildman–Crippen LogP) is 3.87. The molecule has 0 aliphatic heterocycles. The molecule has 2 rings (SSSR count). The first-order valence-corrected chi connectivity index (χ1v) is 5.92. The lowest BCUT2D eigenvalue weighted by Crippen LogP contribution is -2.03. The van der Waals surface area contributed by atoms with E-state index in [0.29, 0.717) is 11.5 Å². The smallest absolute Gasteiger partial charge is 0.163 e. The summed E-state index contributed by atoms with van der Waals surface area (Å²) in [5.41, 5.74) is 3.63. The third-order valence-electron chi connectivity index (χ3n) is 2.66. The Morgan fingerprint density at radius 2 is 1.65 bits per heavy atom. The van der Waals surface area contributed by atoms with Crippen molar-refractivity contribution in [3.8, 4) is 11.1 Å². The maximum absolute atomic E-state index is 5.12. The van der Waals surface area contributed by atoms with Crippen LogP contribution in [0.2, 0.25) is 0 Å². The Morgan fingerprint density at radius 3 is 2.35 bits per heavy atom. The zero-order chi connectivity index (χ0) is 12.1. The molecule has 0 heterocycles. The summed E-state index contributed by atoms with van der Waals surface area (Å²) in [4.78, 5) is 0. The summed E-state index contributed by atoms with van der Waals surface area (Å²) in [7, 11) is 1.62. The fourth-order valence-corrected chi connectivity index (χ4v) is 1.96. The van der Waals surface area contributed by atoms with Crippen molar-refractivity contribution in [2.75, 3.05) is 7.11 Å². The van der Waals surface area contributed by atoms with Gasteiger partial charge in [-0.1, -0.05) is 54.6 Å². The lowest BCUT2D eigenvalue weighted by molar-refractivity contribution is 0.406. The number of hydrogen-bond donors (Lipinski definition) is 0. The Bertz CT molecular complexity index is 505. The van der Waals surface area contributed by atoms with Crippen LogP contribution in [0.25, 0.3) is 11.1 Å². The number of benzene rings is 2. The van der Waals surface area contributed by atoms with Crippen LogP contribution in [0.3, 0.4) is 0 Å². The van der Waals surface area contributed by atoms with Gasteiger partial charge in [0.25, 0.3) is 0 Å². The molecular formula is C15H14OS. The Labute approximate surface area is 107 Å². The average Bonchev–Trinajstić information content (AvgIpc) is 2.40. The zero-order valence-electron chi connectivity index (χ0n) is 9.72. The Morgan fingerprint density at radius 1 is 1.00 bits per heavy atom. The molecule has 2 aromatic carbocycles. The summed E-state index contributed by atoms with van der Waals surface area (Å²) in [5.74, 6) is 0. The minimum absolute atomic E-state index is 0.619. The van der Waals surface area contributed by atoms with Crippen molar-refractivity contribution in [2.45, 2.75) is 6.42 Å². The molecule has 0 amide bonds. The van der Waals surface area contributed by atoms with Gasteiger partial charge in [-0.05, 0) is 28.9 Å². The van der Waals surface area contributed by atoms with Gasteiger partial charge in [0.2, 0.25) is 0 Å². The molecule has 2 aromatic rings. The SMILES string of the molecule is COC(=S)Cc1ccccc1-c1ccccc1. The standard InChI is InChI=1S/C15H14OS/c1-16-15(17)11-13-9-5-6-10-14(13)12-7-3-2-4-8-12/h2-10H,11H2,1H3. The molecule has 0 aromatic heterocycles. The quantitative estimate of drug-likeness (QED) is 0.756. The van der Waals surface area contributed by atoms with Gasteiger partial charge in [0, 0.05) is 6.42 Å². The monoisotopic (exact) mass is 242 g/mol. The second-order valence-corrected chi connectivity index (χ2v) is 4.23. The highest BCUT2D eigenvalue weighted by atomic mass is 32.1. The number of rotatable bonds is 3. The summed E-state index contributed by atoms with van der Waals surface area (Å²) in [6.07, 6.45) is 0.677. The van der Waals surface area contributed by atoms with Crippen LogP contribution in [0, 0.1) is 0 Å². The van der Waals surface area contributed by atoms with Crippen LogP contribution in [0.1, 0.15) is 5.56 Å². The summed E-state index contributed by atoms with van der Waals surface area (Å²) in [5, 5.41) is 0.619. The van der Waals surface area contributed by atoms with Gasteiger partial charge in [-0.15, -0.1) is 0 Å². The van der Waals surface area contributed by atoms with Crippen molar-refractivity contribution < 1.29 is 4.74 Å². The van der Waals surface area contributed by atoms with Gasteiger partial charge >= 0.3 is 0 Å². The fourth-order valence-electron chi connectivity index (χ4n) is 1.80. The first kappa shape index (κ1) is 11.8. The largest absolute Gasteiger partial charge is 0.490 e. The molecule has 0 spiro atoms. The third kappa shape index (κ3) is 2.92. The van der Waals surface area contributed by atoms with Crippen LogP contribution >= 0.6 is 12.2 Å². The Kier molecular flexibility index (Phi) is 3.89. The molecule has 86 valence electrons. The van der Waals surface area contributed by atoms with Crippen molar-refractivity contribution in [3.63, 3.8) is 0 Å². The molecule has 0 unspecified atom stereocenters. The molecule has 0 atom stereocenters. The van der Waals surface area contributed by atoms with E-state index in [1.807, 2.05) is 30.3 Å². The molecular weight excluding hydrogens is 228 g/mol. The van der Waals surface area contributed by atoms with Crippen LogP contribution in [-0.4, -0.2) is 12.2 Å². The van der Waals surface area contributed by atoms with E-state index in [1.54, 1.807) is 7.11 Å². The second kappa shape index (κ2) is 5.60. The summed E-state index contributed by atoms with van der Waals surface area (Å²) < 4.78 is 5.08. The van der Waals surface area contributed by atoms with Crippen LogP contribution in [0.4, 0.5) is 0 Å². The van der Waals surface area contributed by atoms with Crippen LogP contribution in [-0.2, 0) is 11.2 Å². The Balaban J connectivity index is 2.38. The molecule has 17 heavy (non-hydrogen) atoms. The van der Waals surface area contributed by atoms with E-state index >= 15 is 0 Å². The first-order chi connectivity index (χ1) is 8.31. The zero-order valence-corrected chi connectivity index (χ0v) is 10.5. The molecule has 0 bridgehead atoms. The molecule has 0 saturated carbocycles. The molecule has 0 fully saturated rings. The van der Waals surface area contributed by atoms with Crippen molar-refractivity contribution >= 4 is 17.3 Å². The molecule has 1 nitrogen and oxygen atoms in total. The van der Waals surface area contributed by atoms with Crippen LogP contribution in [0.5, 0.6) is 0 Å². The van der Waals surface area contributed by atoms with Gasteiger partial charge in [-0.2, -0.15) is 0 Å². The maximum atomic E-state index is 5.12. The summed E-state index contributed by atoms with van der Waals surface area (Å²) in [6, 6.07) is 18.6. The highest BCUT2D eigenvalue weighted by Gasteiger charge is 2.06. The van der Waals surface area contributed by atoms with Crippen LogP contribution < -0.4 is 0 Å². The van der Waals surface area contributed by atoms with E-state index in [-0.39, 0.29) is 0 Å². The van der Waals surface area contributed by atoms with Gasteiger partial charge in [-0.25, -0.2) is 0 Å². The van der Waals surface area contributed by atoms with E-state index in [2.05, 4.69) is 24.3 Å². The van der Waals surface area contributed by atoms with Gasteiger partial charge in [0.15, 0.2) is 5.05 Å². The molecule has 0 aliphatic rings. The minimum atomic E-state index is 0.619. The van der Waals surface area contributed by atoms with Crippen molar-refractivity contribution in [1.29, 1.82) is 0 Å². The second-order valence-electron chi connectivity index (χ2n) is 3.78. The topological polar surface area (TPSA) is 9.23 Å². The number of hydrogen-bond acceptors (Lipinski definition) is 2. The highest BCUT2D eigenvalue weighted by molar-refractivity contribution is 7.80. The summed E-state index contributed by atoms with van der Waals surface area (Å²) >= 11 is 5.12. The van der Waals surface area contributed by atoms with Gasteiger partial charge in [0.05, 0.1) is 7.11 Å². The maximum Gasteiger partial charge on any atom is 0.163 e.